The summed E-state index contributed by atoms with van der Waals surface area (Å²) < 4.78 is 28.2. The third-order valence-electron chi connectivity index (χ3n) is 4.81. The van der Waals surface area contributed by atoms with Gasteiger partial charge in [-0.2, -0.15) is 11.8 Å². The zero-order valence-corrected chi connectivity index (χ0v) is 15.7. The lowest BCUT2D eigenvalue weighted by Gasteiger charge is -2.26. The van der Waals surface area contributed by atoms with Crippen molar-refractivity contribution < 1.29 is 18.3 Å². The zero-order chi connectivity index (χ0) is 18.0. The number of hydrogen-bond acceptors (Lipinski definition) is 4. The number of unbranched alkanes of at least 4 members (excludes halogenated alkanes) is 1. The highest BCUT2D eigenvalue weighted by atomic mass is 32.2. The Morgan fingerprint density at radius 2 is 2.08 bits per heavy atom. The molecule has 136 valence electrons. The molecule has 0 radical (unpaired) electrons. The molecule has 0 amide bonds. The van der Waals surface area contributed by atoms with Gasteiger partial charge in [-0.1, -0.05) is 37.1 Å². The number of carboxylic acid groups (broad SMARTS) is 1. The highest BCUT2D eigenvalue weighted by molar-refractivity contribution is 8.07. The number of carbonyl (C=O) groups is 1. The van der Waals surface area contributed by atoms with Crippen LogP contribution in [0.25, 0.3) is 0 Å². The van der Waals surface area contributed by atoms with Gasteiger partial charge in [0.05, 0.1) is 4.90 Å². The molecule has 0 spiro atoms. The van der Waals surface area contributed by atoms with Crippen molar-refractivity contribution in [3.8, 4) is 0 Å². The first-order valence-corrected chi connectivity index (χ1v) is 11.0. The Bertz CT molecular complexity index is 761. The van der Waals surface area contributed by atoms with Gasteiger partial charge >= 0.3 is 5.97 Å². The van der Waals surface area contributed by atoms with Crippen molar-refractivity contribution >= 4 is 27.8 Å². The van der Waals surface area contributed by atoms with Crippen LogP contribution in [0.4, 0.5) is 0 Å². The lowest BCUT2D eigenvalue weighted by molar-refractivity contribution is -0.131. The van der Waals surface area contributed by atoms with E-state index in [1.165, 1.54) is 6.08 Å². The largest absolute Gasteiger partial charge is 0.478 e. The average Bonchev–Trinajstić information content (AvgIpc) is 3.23. The van der Waals surface area contributed by atoms with E-state index in [1.807, 2.05) is 11.8 Å². The molecule has 7 heteroatoms. The van der Waals surface area contributed by atoms with Gasteiger partial charge in [-0.05, 0) is 31.4 Å². The summed E-state index contributed by atoms with van der Waals surface area (Å²) in [5.41, 5.74) is 0.868. The standard InChI is InChI=1S/C18H23NO4S2/c1-2-3-7-12(10-16(20)21)17-14(11-15-18(17)24-15)19-25(22,23)13-8-5-4-6-9-13/h4-6,8-10,14-15,17-19H,2-3,7,11H2,1H3,(H,20,21). The number of aliphatic carboxylic acids is 1. The fourth-order valence-electron chi connectivity index (χ4n) is 3.62. The Balaban J connectivity index is 1.82. The van der Waals surface area contributed by atoms with Gasteiger partial charge in [0, 0.05) is 28.5 Å². The van der Waals surface area contributed by atoms with Gasteiger partial charge in [-0.15, -0.1) is 0 Å². The van der Waals surface area contributed by atoms with Crippen LogP contribution in [0.1, 0.15) is 32.6 Å². The Labute approximate surface area is 152 Å². The fourth-order valence-corrected chi connectivity index (χ4v) is 6.36. The summed E-state index contributed by atoms with van der Waals surface area (Å²) in [5, 5.41) is 9.99. The molecule has 1 aliphatic carbocycles. The minimum atomic E-state index is -3.60. The summed E-state index contributed by atoms with van der Waals surface area (Å²) in [5.74, 6) is -0.985. The lowest BCUT2D eigenvalue weighted by Crippen LogP contribution is -2.40. The van der Waals surface area contributed by atoms with E-state index in [2.05, 4.69) is 11.6 Å². The molecule has 2 N–H and O–H groups in total. The summed E-state index contributed by atoms with van der Waals surface area (Å²) in [6.45, 7) is 2.07. The second-order valence-electron chi connectivity index (χ2n) is 6.60. The molecule has 3 rings (SSSR count). The van der Waals surface area contributed by atoms with E-state index in [1.54, 1.807) is 30.3 Å². The predicted octanol–water partition coefficient (Wildman–Crippen LogP) is 3.04. The van der Waals surface area contributed by atoms with Crippen molar-refractivity contribution in [1.29, 1.82) is 0 Å². The van der Waals surface area contributed by atoms with Crippen LogP contribution in [0.15, 0.2) is 46.9 Å². The minimum absolute atomic E-state index is 0.0314. The first-order valence-electron chi connectivity index (χ1n) is 8.58. The molecule has 1 aromatic rings. The molecule has 0 aromatic heterocycles. The van der Waals surface area contributed by atoms with Crippen LogP contribution in [0.3, 0.4) is 0 Å². The third-order valence-corrected chi connectivity index (χ3v) is 7.77. The Hall–Kier alpha value is -1.31. The van der Waals surface area contributed by atoms with Crippen molar-refractivity contribution in [1.82, 2.24) is 4.72 Å². The average molecular weight is 382 g/mol. The van der Waals surface area contributed by atoms with E-state index in [-0.39, 0.29) is 16.9 Å². The molecule has 1 saturated heterocycles. The second-order valence-corrected chi connectivity index (χ2v) is 9.74. The summed E-state index contributed by atoms with van der Waals surface area (Å²) in [6.07, 6.45) is 4.66. The molecule has 2 aliphatic rings. The third kappa shape index (κ3) is 4.27. The van der Waals surface area contributed by atoms with Gasteiger partial charge in [0.2, 0.25) is 10.0 Å². The van der Waals surface area contributed by atoms with Crippen LogP contribution < -0.4 is 4.72 Å². The van der Waals surface area contributed by atoms with Gasteiger partial charge in [-0.3, -0.25) is 0 Å². The van der Waals surface area contributed by atoms with Crippen LogP contribution in [0.5, 0.6) is 0 Å². The summed E-state index contributed by atoms with van der Waals surface area (Å²) in [7, 11) is -3.60. The lowest BCUT2D eigenvalue weighted by atomic mass is 9.90. The smallest absolute Gasteiger partial charge is 0.328 e. The van der Waals surface area contributed by atoms with Crippen LogP contribution in [-0.4, -0.2) is 36.0 Å². The minimum Gasteiger partial charge on any atom is -0.478 e. The monoisotopic (exact) mass is 381 g/mol. The normalized spacial score (nSPS) is 28.6. The second kappa shape index (κ2) is 7.51. The molecule has 2 fully saturated rings. The zero-order valence-electron chi connectivity index (χ0n) is 14.1. The number of nitrogens with one attached hydrogen (secondary N) is 1. The first-order chi connectivity index (χ1) is 11.9. The Kier molecular flexibility index (Phi) is 5.55. The molecule has 1 heterocycles. The van der Waals surface area contributed by atoms with Crippen molar-refractivity contribution in [2.75, 3.05) is 0 Å². The Morgan fingerprint density at radius 1 is 1.36 bits per heavy atom. The SMILES string of the molecule is CCCCC(=CC(=O)O)C1C(NS(=O)(=O)c2ccccc2)CC2SC21. The number of fused-ring (bicyclic) bond motifs is 1. The van der Waals surface area contributed by atoms with Crippen LogP contribution in [-0.2, 0) is 14.8 Å². The molecule has 4 unspecified atom stereocenters. The number of carboxylic acids is 1. The van der Waals surface area contributed by atoms with E-state index >= 15 is 0 Å². The van der Waals surface area contributed by atoms with Crippen molar-refractivity contribution in [3.63, 3.8) is 0 Å². The molecule has 0 bridgehead atoms. The van der Waals surface area contributed by atoms with Crippen molar-refractivity contribution in [3.05, 3.63) is 42.0 Å². The van der Waals surface area contributed by atoms with Crippen molar-refractivity contribution in [2.24, 2.45) is 5.92 Å². The van der Waals surface area contributed by atoms with E-state index in [9.17, 15) is 18.3 Å². The van der Waals surface area contributed by atoms with Gasteiger partial charge in [0.25, 0.3) is 0 Å². The highest BCUT2D eigenvalue weighted by Crippen LogP contribution is 2.58. The molecule has 1 aliphatic heterocycles. The topological polar surface area (TPSA) is 83.5 Å². The summed E-state index contributed by atoms with van der Waals surface area (Å²) in [4.78, 5) is 11.5. The van der Waals surface area contributed by atoms with Crippen LogP contribution >= 0.6 is 11.8 Å². The van der Waals surface area contributed by atoms with E-state index in [0.29, 0.717) is 16.9 Å². The number of sulfonamides is 1. The molecule has 4 atom stereocenters. The number of benzene rings is 1. The van der Waals surface area contributed by atoms with E-state index < -0.39 is 16.0 Å². The summed E-state index contributed by atoms with van der Waals surface area (Å²) >= 11 is 1.83. The molecular formula is C18H23NO4S2. The van der Waals surface area contributed by atoms with Gasteiger partial charge in [0.1, 0.15) is 0 Å². The van der Waals surface area contributed by atoms with Gasteiger partial charge < -0.3 is 5.11 Å². The first kappa shape index (κ1) is 18.5. The quantitative estimate of drug-likeness (QED) is 0.534. The molecule has 1 aromatic carbocycles. The number of hydrogen-bond donors (Lipinski definition) is 2. The maximum atomic E-state index is 12.7. The maximum Gasteiger partial charge on any atom is 0.328 e. The maximum absolute atomic E-state index is 12.7. The molecule has 25 heavy (non-hydrogen) atoms. The number of thioether (sulfide) groups is 1. The van der Waals surface area contributed by atoms with Gasteiger partial charge in [0.15, 0.2) is 0 Å². The van der Waals surface area contributed by atoms with Crippen LogP contribution in [0, 0.1) is 5.92 Å². The highest BCUT2D eigenvalue weighted by Gasteiger charge is 2.56. The number of rotatable bonds is 8. The molecular weight excluding hydrogens is 358 g/mol. The Morgan fingerprint density at radius 3 is 2.72 bits per heavy atom. The fraction of sp³-hybridized carbons (Fsp3) is 0.500. The molecule has 1 saturated carbocycles. The van der Waals surface area contributed by atoms with Crippen LogP contribution in [0.2, 0.25) is 0 Å². The predicted molar refractivity (Wildman–Crippen MR) is 99.1 cm³/mol. The van der Waals surface area contributed by atoms with E-state index in [4.69, 9.17) is 0 Å². The summed E-state index contributed by atoms with van der Waals surface area (Å²) in [6, 6.07) is 8.10. The van der Waals surface area contributed by atoms with Gasteiger partial charge in [-0.25, -0.2) is 17.9 Å². The van der Waals surface area contributed by atoms with E-state index in [0.717, 1.165) is 24.8 Å². The molecule has 5 nitrogen and oxygen atoms in total. The van der Waals surface area contributed by atoms with Crippen molar-refractivity contribution in [2.45, 2.75) is 54.0 Å².